The van der Waals surface area contributed by atoms with Crippen LogP contribution in [0.15, 0.2) is 24.5 Å². The molecule has 108 valence electrons. The minimum absolute atomic E-state index is 0.372. The number of halogens is 1. The van der Waals surface area contributed by atoms with Gasteiger partial charge in [0.1, 0.15) is 12.4 Å². The monoisotopic (exact) mass is 293 g/mol. The van der Waals surface area contributed by atoms with Gasteiger partial charge in [-0.15, -0.1) is 0 Å². The number of aryl methyl sites for hydroxylation is 1. The summed E-state index contributed by atoms with van der Waals surface area (Å²) in [5, 5.41) is 4.92. The van der Waals surface area contributed by atoms with E-state index in [-0.39, 0.29) is 0 Å². The number of nitrogen functional groups attached to an aromatic ring is 1. The van der Waals surface area contributed by atoms with E-state index < -0.39 is 0 Å². The number of nitrogens with two attached hydrogens (primary N) is 1. The highest BCUT2D eigenvalue weighted by Crippen LogP contribution is 2.31. The van der Waals surface area contributed by atoms with Crippen LogP contribution in [0.5, 0.6) is 5.75 Å². The van der Waals surface area contributed by atoms with Gasteiger partial charge in [0.05, 0.1) is 18.4 Å². The zero-order chi connectivity index (χ0) is 14.7. The number of hydrogen-bond donors (Lipinski definition) is 1. The smallest absolute Gasteiger partial charge is 0.122 e. The molecule has 5 heteroatoms. The summed E-state index contributed by atoms with van der Waals surface area (Å²) in [6, 6.07) is 3.98. The molecule has 1 aromatic carbocycles. The van der Waals surface area contributed by atoms with Gasteiger partial charge in [-0.05, 0) is 36.1 Å². The molecule has 0 aliphatic carbocycles. The second-order valence-electron chi connectivity index (χ2n) is 5.18. The maximum atomic E-state index is 6.25. The second kappa shape index (κ2) is 6.18. The molecule has 0 aliphatic rings. The third-order valence-corrected chi connectivity index (χ3v) is 3.47. The highest BCUT2D eigenvalue weighted by molar-refractivity contribution is 6.31. The van der Waals surface area contributed by atoms with Crippen LogP contribution < -0.4 is 10.5 Å². The first kappa shape index (κ1) is 14.7. The molecule has 0 unspecified atom stereocenters. The average molecular weight is 294 g/mol. The molecule has 1 aromatic heterocycles. The van der Waals surface area contributed by atoms with E-state index in [0.717, 1.165) is 21.9 Å². The molecular weight excluding hydrogens is 274 g/mol. The van der Waals surface area contributed by atoms with E-state index in [4.69, 9.17) is 22.1 Å². The molecule has 0 radical (unpaired) electrons. The first-order valence-corrected chi connectivity index (χ1v) is 7.06. The quantitative estimate of drug-likeness (QED) is 0.916. The fourth-order valence-electron chi connectivity index (χ4n) is 2.02. The van der Waals surface area contributed by atoms with E-state index in [2.05, 4.69) is 18.9 Å². The van der Waals surface area contributed by atoms with Gasteiger partial charge in [0, 0.05) is 11.2 Å². The van der Waals surface area contributed by atoms with Gasteiger partial charge in [0.25, 0.3) is 0 Å². The third-order valence-electron chi connectivity index (χ3n) is 3.15. The summed E-state index contributed by atoms with van der Waals surface area (Å²) in [6.45, 7) is 7.44. The molecule has 4 nitrogen and oxygen atoms in total. The average Bonchev–Trinajstić information content (AvgIpc) is 2.77. The van der Waals surface area contributed by atoms with Crippen LogP contribution in [0.1, 0.15) is 30.9 Å². The maximum Gasteiger partial charge on any atom is 0.122 e. The van der Waals surface area contributed by atoms with Crippen molar-refractivity contribution in [1.82, 2.24) is 9.78 Å². The zero-order valence-corrected chi connectivity index (χ0v) is 12.8. The van der Waals surface area contributed by atoms with E-state index in [0.29, 0.717) is 24.8 Å². The molecule has 0 spiro atoms. The predicted octanol–water partition coefficient (Wildman–Crippen LogP) is 3.63. The van der Waals surface area contributed by atoms with Crippen molar-refractivity contribution in [2.24, 2.45) is 0 Å². The van der Waals surface area contributed by atoms with Crippen LogP contribution in [0.2, 0.25) is 5.02 Å². The van der Waals surface area contributed by atoms with E-state index in [1.54, 1.807) is 17.1 Å². The van der Waals surface area contributed by atoms with Gasteiger partial charge in [0.15, 0.2) is 0 Å². The Labute approximate surface area is 124 Å². The Kier molecular flexibility index (Phi) is 4.55. The normalized spacial score (nSPS) is 11.1. The van der Waals surface area contributed by atoms with Crippen molar-refractivity contribution in [3.05, 3.63) is 40.7 Å². The van der Waals surface area contributed by atoms with Crippen LogP contribution in [-0.2, 0) is 6.54 Å². The van der Waals surface area contributed by atoms with Crippen LogP contribution in [0.4, 0.5) is 5.69 Å². The molecule has 1 heterocycles. The molecule has 20 heavy (non-hydrogen) atoms. The van der Waals surface area contributed by atoms with Crippen molar-refractivity contribution in [3.8, 4) is 5.75 Å². The first-order valence-electron chi connectivity index (χ1n) is 6.68. The summed E-state index contributed by atoms with van der Waals surface area (Å²) < 4.78 is 7.60. The van der Waals surface area contributed by atoms with E-state index in [9.17, 15) is 0 Å². The highest BCUT2D eigenvalue weighted by Gasteiger charge is 2.10. The van der Waals surface area contributed by atoms with Gasteiger partial charge in [-0.2, -0.15) is 5.10 Å². The first-order chi connectivity index (χ1) is 9.47. The van der Waals surface area contributed by atoms with Gasteiger partial charge in [-0.3, -0.25) is 4.68 Å². The minimum Gasteiger partial charge on any atom is -0.491 e. The molecule has 0 saturated carbocycles. The predicted molar refractivity (Wildman–Crippen MR) is 82.4 cm³/mol. The van der Waals surface area contributed by atoms with Crippen molar-refractivity contribution < 1.29 is 4.74 Å². The Hall–Kier alpha value is -1.68. The Bertz CT molecular complexity index is 593. The summed E-state index contributed by atoms with van der Waals surface area (Å²) in [7, 11) is 0. The summed E-state index contributed by atoms with van der Waals surface area (Å²) in [5.41, 5.74) is 8.43. The van der Waals surface area contributed by atoms with Crippen LogP contribution in [0, 0.1) is 6.92 Å². The van der Waals surface area contributed by atoms with E-state index in [1.807, 2.05) is 19.1 Å². The van der Waals surface area contributed by atoms with Crippen molar-refractivity contribution in [1.29, 1.82) is 0 Å². The molecule has 2 N–H and O–H groups in total. The Morgan fingerprint density at radius 1 is 1.40 bits per heavy atom. The Morgan fingerprint density at radius 2 is 2.15 bits per heavy atom. The minimum atomic E-state index is 0.372. The molecule has 0 fully saturated rings. The third kappa shape index (κ3) is 3.45. The van der Waals surface area contributed by atoms with Crippen molar-refractivity contribution in [2.75, 3.05) is 12.3 Å². The summed E-state index contributed by atoms with van der Waals surface area (Å²) in [5.74, 6) is 1.24. The lowest BCUT2D eigenvalue weighted by Crippen LogP contribution is -2.09. The maximum absolute atomic E-state index is 6.25. The Balaban J connectivity index is 2.03. The molecule has 0 atom stereocenters. The lowest BCUT2D eigenvalue weighted by Gasteiger charge is -2.14. The van der Waals surface area contributed by atoms with Crippen molar-refractivity contribution in [3.63, 3.8) is 0 Å². The van der Waals surface area contributed by atoms with Gasteiger partial charge in [-0.25, -0.2) is 0 Å². The Morgan fingerprint density at radius 3 is 2.75 bits per heavy atom. The van der Waals surface area contributed by atoms with E-state index in [1.165, 1.54) is 0 Å². The number of ether oxygens (including phenoxy) is 1. The molecule has 2 rings (SSSR count). The van der Waals surface area contributed by atoms with Crippen molar-refractivity contribution >= 4 is 17.3 Å². The van der Waals surface area contributed by atoms with Gasteiger partial charge in [-0.1, -0.05) is 25.4 Å². The van der Waals surface area contributed by atoms with Crippen LogP contribution in [0.25, 0.3) is 0 Å². The van der Waals surface area contributed by atoms with Crippen LogP contribution >= 0.6 is 11.6 Å². The second-order valence-corrected chi connectivity index (χ2v) is 5.59. The highest BCUT2D eigenvalue weighted by atomic mass is 35.5. The lowest BCUT2D eigenvalue weighted by molar-refractivity contribution is 0.289. The fourth-order valence-corrected chi connectivity index (χ4v) is 2.45. The van der Waals surface area contributed by atoms with Crippen LogP contribution in [0.3, 0.4) is 0 Å². The number of nitrogens with zero attached hydrogens (tertiary/aromatic N) is 2. The number of aromatic nitrogens is 2. The molecular formula is C15H20ClN3O. The summed E-state index contributed by atoms with van der Waals surface area (Å²) >= 11 is 6.25. The summed E-state index contributed by atoms with van der Waals surface area (Å²) in [4.78, 5) is 0. The molecule has 0 saturated heterocycles. The summed E-state index contributed by atoms with van der Waals surface area (Å²) in [6.07, 6.45) is 3.42. The molecule has 0 amide bonds. The number of hydrogen-bond acceptors (Lipinski definition) is 3. The number of anilines is 1. The van der Waals surface area contributed by atoms with Crippen molar-refractivity contribution in [2.45, 2.75) is 33.2 Å². The van der Waals surface area contributed by atoms with Crippen LogP contribution in [-0.4, -0.2) is 16.4 Å². The molecule has 0 bridgehead atoms. The molecule has 2 aromatic rings. The van der Waals surface area contributed by atoms with Gasteiger partial charge in [0.2, 0.25) is 0 Å². The largest absolute Gasteiger partial charge is 0.491 e. The lowest BCUT2D eigenvalue weighted by atomic mass is 10.0. The van der Waals surface area contributed by atoms with E-state index >= 15 is 0 Å². The SMILES string of the molecule is Cc1cc(Cl)c(C(C)C)cc1OCCn1cc(N)cn1. The standard InChI is InChI=1S/C15H20ClN3O/c1-10(2)13-7-15(11(3)6-14(13)16)20-5-4-19-9-12(17)8-18-19/h6-10H,4-5,17H2,1-3H3. The number of rotatable bonds is 5. The topological polar surface area (TPSA) is 53.1 Å². The van der Waals surface area contributed by atoms with Gasteiger partial charge < -0.3 is 10.5 Å². The molecule has 0 aliphatic heterocycles. The fraction of sp³-hybridized carbons (Fsp3) is 0.400. The van der Waals surface area contributed by atoms with Gasteiger partial charge >= 0.3 is 0 Å². The number of benzene rings is 1. The zero-order valence-electron chi connectivity index (χ0n) is 12.1.